The Hall–Kier alpha value is -1.09. The Bertz CT molecular complexity index is 446. The molecule has 2 nitrogen and oxygen atoms in total. The average molecular weight is 265 g/mol. The van der Waals surface area contributed by atoms with Crippen molar-refractivity contribution in [2.45, 2.75) is 51.5 Å². The van der Waals surface area contributed by atoms with Gasteiger partial charge in [0.15, 0.2) is 11.6 Å². The third-order valence-corrected chi connectivity index (χ3v) is 4.41. The first-order valence-electron chi connectivity index (χ1n) is 6.96. The molecule has 2 N–H and O–H groups in total. The Morgan fingerprint density at radius 1 is 1.21 bits per heavy atom. The van der Waals surface area contributed by atoms with E-state index in [1.165, 1.54) is 7.11 Å². The van der Waals surface area contributed by atoms with Gasteiger partial charge in [-0.1, -0.05) is 26.0 Å². The van der Waals surface area contributed by atoms with Crippen molar-refractivity contribution in [3.63, 3.8) is 0 Å². The molecular formula is C16H24FNO. The number of hydrogen-bond donors (Lipinski definition) is 1. The number of benzene rings is 1. The van der Waals surface area contributed by atoms with Gasteiger partial charge in [0.05, 0.1) is 7.11 Å². The lowest BCUT2D eigenvalue weighted by molar-refractivity contribution is 0.164. The molecule has 106 valence electrons. The molecule has 0 radical (unpaired) electrons. The first kappa shape index (κ1) is 14.3. The fourth-order valence-corrected chi connectivity index (χ4v) is 2.83. The van der Waals surface area contributed by atoms with Crippen LogP contribution in [0.5, 0.6) is 5.75 Å². The summed E-state index contributed by atoms with van der Waals surface area (Å²) in [5.74, 6) is 0.0388. The van der Waals surface area contributed by atoms with E-state index in [0.717, 1.165) is 25.7 Å². The predicted octanol–water partition coefficient (Wildman–Crippen LogP) is 3.67. The zero-order chi connectivity index (χ0) is 14.1. The molecule has 1 aromatic rings. The van der Waals surface area contributed by atoms with Crippen molar-refractivity contribution in [1.82, 2.24) is 0 Å². The molecule has 0 spiro atoms. The molecule has 0 aromatic heterocycles. The highest BCUT2D eigenvalue weighted by Crippen LogP contribution is 2.40. The van der Waals surface area contributed by atoms with Gasteiger partial charge in [0.2, 0.25) is 0 Å². The molecule has 2 rings (SSSR count). The molecule has 0 unspecified atom stereocenters. The van der Waals surface area contributed by atoms with Crippen molar-refractivity contribution in [3.8, 4) is 5.75 Å². The average Bonchev–Trinajstić information content (AvgIpc) is 2.37. The van der Waals surface area contributed by atoms with Gasteiger partial charge in [0.25, 0.3) is 0 Å². The summed E-state index contributed by atoms with van der Waals surface area (Å²) in [4.78, 5) is 0. The Morgan fingerprint density at radius 3 is 2.42 bits per heavy atom. The number of ether oxygens (including phenoxy) is 1. The van der Waals surface area contributed by atoms with E-state index in [9.17, 15) is 4.39 Å². The van der Waals surface area contributed by atoms with Gasteiger partial charge in [-0.15, -0.1) is 0 Å². The molecule has 0 atom stereocenters. The summed E-state index contributed by atoms with van der Waals surface area (Å²) in [6.07, 6.45) is 4.71. The van der Waals surface area contributed by atoms with E-state index in [1.54, 1.807) is 6.07 Å². The summed E-state index contributed by atoms with van der Waals surface area (Å²) < 4.78 is 19.2. The van der Waals surface area contributed by atoms with Crippen molar-refractivity contribution in [3.05, 3.63) is 29.6 Å². The Kier molecular flexibility index (Phi) is 3.86. The normalized spacial score (nSPS) is 21.1. The largest absolute Gasteiger partial charge is 0.494 e. The predicted molar refractivity (Wildman–Crippen MR) is 75.8 cm³/mol. The Labute approximate surface area is 115 Å². The van der Waals surface area contributed by atoms with Gasteiger partial charge >= 0.3 is 0 Å². The molecular weight excluding hydrogens is 241 g/mol. The molecule has 1 aliphatic carbocycles. The molecule has 19 heavy (non-hydrogen) atoms. The molecule has 0 heterocycles. The summed E-state index contributed by atoms with van der Waals surface area (Å²) in [6.45, 7) is 4.55. The first-order chi connectivity index (χ1) is 8.85. The van der Waals surface area contributed by atoms with Crippen molar-refractivity contribution in [2.75, 3.05) is 7.11 Å². The molecule has 1 saturated carbocycles. The van der Waals surface area contributed by atoms with Crippen LogP contribution in [0.15, 0.2) is 18.2 Å². The van der Waals surface area contributed by atoms with Crippen molar-refractivity contribution in [1.29, 1.82) is 0 Å². The van der Waals surface area contributed by atoms with Crippen LogP contribution in [0, 0.1) is 11.2 Å². The van der Waals surface area contributed by atoms with Crippen LogP contribution >= 0.6 is 0 Å². The SMILES string of the molecule is COc1cccc(CC2(N)CCC(C)(C)CC2)c1F. The van der Waals surface area contributed by atoms with Crippen molar-refractivity contribution < 1.29 is 9.13 Å². The second-order valence-electron chi connectivity index (χ2n) is 6.64. The maximum atomic E-state index is 14.2. The van der Waals surface area contributed by atoms with Gasteiger partial charge in [-0.2, -0.15) is 0 Å². The number of halogens is 1. The van der Waals surface area contributed by atoms with Crippen LogP contribution < -0.4 is 10.5 Å². The number of hydrogen-bond acceptors (Lipinski definition) is 2. The summed E-state index contributed by atoms with van der Waals surface area (Å²) in [6, 6.07) is 5.28. The van der Waals surface area contributed by atoms with Crippen molar-refractivity contribution in [2.24, 2.45) is 11.1 Å². The van der Waals surface area contributed by atoms with Gasteiger partial charge in [-0.25, -0.2) is 4.39 Å². The molecule has 1 aromatic carbocycles. The highest BCUT2D eigenvalue weighted by atomic mass is 19.1. The lowest BCUT2D eigenvalue weighted by Gasteiger charge is -2.41. The smallest absolute Gasteiger partial charge is 0.168 e. The van der Waals surface area contributed by atoms with Crippen LogP contribution in [-0.4, -0.2) is 12.6 Å². The van der Waals surface area contributed by atoms with E-state index in [4.69, 9.17) is 10.5 Å². The number of methoxy groups -OCH3 is 1. The number of rotatable bonds is 3. The summed E-state index contributed by atoms with van der Waals surface area (Å²) >= 11 is 0. The summed E-state index contributed by atoms with van der Waals surface area (Å²) in [5, 5.41) is 0. The fraction of sp³-hybridized carbons (Fsp3) is 0.625. The summed E-state index contributed by atoms with van der Waals surface area (Å²) in [5.41, 5.74) is 7.23. The second-order valence-corrected chi connectivity index (χ2v) is 6.64. The second kappa shape index (κ2) is 5.12. The monoisotopic (exact) mass is 265 g/mol. The topological polar surface area (TPSA) is 35.2 Å². The summed E-state index contributed by atoms with van der Waals surface area (Å²) in [7, 11) is 1.49. The third-order valence-electron chi connectivity index (χ3n) is 4.41. The van der Waals surface area contributed by atoms with Crippen LogP contribution in [0.25, 0.3) is 0 Å². The Morgan fingerprint density at radius 2 is 1.84 bits per heavy atom. The molecule has 1 aliphatic rings. The zero-order valence-electron chi connectivity index (χ0n) is 12.1. The first-order valence-corrected chi connectivity index (χ1v) is 6.96. The van der Waals surface area contributed by atoms with E-state index in [0.29, 0.717) is 23.1 Å². The fourth-order valence-electron chi connectivity index (χ4n) is 2.83. The molecule has 0 amide bonds. The van der Waals surface area contributed by atoms with Gasteiger partial charge < -0.3 is 10.5 Å². The quantitative estimate of drug-likeness (QED) is 0.905. The highest BCUT2D eigenvalue weighted by molar-refractivity contribution is 5.32. The standard InChI is InChI=1S/C16H24FNO/c1-15(2)7-9-16(18,10-8-15)11-12-5-4-6-13(19-3)14(12)17/h4-6H,7-11,18H2,1-3H3. The van der Waals surface area contributed by atoms with E-state index in [2.05, 4.69) is 13.8 Å². The number of nitrogens with two attached hydrogens (primary N) is 1. The highest BCUT2D eigenvalue weighted by Gasteiger charge is 2.36. The molecule has 0 bridgehead atoms. The molecule has 0 saturated heterocycles. The van der Waals surface area contributed by atoms with Crippen LogP contribution in [0.2, 0.25) is 0 Å². The maximum Gasteiger partial charge on any atom is 0.168 e. The minimum Gasteiger partial charge on any atom is -0.494 e. The van der Waals surface area contributed by atoms with Gasteiger partial charge in [0, 0.05) is 5.54 Å². The van der Waals surface area contributed by atoms with Crippen LogP contribution in [0.3, 0.4) is 0 Å². The molecule has 3 heteroatoms. The lowest BCUT2D eigenvalue weighted by atomic mass is 9.68. The van der Waals surface area contributed by atoms with Crippen LogP contribution in [0.1, 0.15) is 45.1 Å². The minimum absolute atomic E-state index is 0.264. The van der Waals surface area contributed by atoms with Crippen LogP contribution in [0.4, 0.5) is 4.39 Å². The molecule has 1 fully saturated rings. The van der Waals surface area contributed by atoms with Gasteiger partial charge in [0.1, 0.15) is 0 Å². The van der Waals surface area contributed by atoms with Crippen molar-refractivity contribution >= 4 is 0 Å². The van der Waals surface area contributed by atoms with E-state index >= 15 is 0 Å². The zero-order valence-corrected chi connectivity index (χ0v) is 12.1. The van der Waals surface area contributed by atoms with E-state index in [1.807, 2.05) is 12.1 Å². The van der Waals surface area contributed by atoms with E-state index in [-0.39, 0.29) is 11.4 Å². The van der Waals surface area contributed by atoms with E-state index < -0.39 is 0 Å². The Balaban J connectivity index is 2.13. The van der Waals surface area contributed by atoms with Crippen LogP contribution in [-0.2, 0) is 6.42 Å². The lowest BCUT2D eigenvalue weighted by Crippen LogP contribution is -2.47. The van der Waals surface area contributed by atoms with Gasteiger partial charge in [-0.3, -0.25) is 0 Å². The minimum atomic E-state index is -0.275. The maximum absolute atomic E-state index is 14.2. The third kappa shape index (κ3) is 3.27. The molecule has 0 aliphatic heterocycles. The van der Waals surface area contributed by atoms with Gasteiger partial charge in [-0.05, 0) is 49.1 Å².